The van der Waals surface area contributed by atoms with Crippen molar-refractivity contribution in [1.82, 2.24) is 0 Å². The van der Waals surface area contributed by atoms with E-state index in [4.69, 9.17) is 17.3 Å². The molecule has 0 spiro atoms. The van der Waals surface area contributed by atoms with Gasteiger partial charge in [0.15, 0.2) is 0 Å². The number of hydrogen-bond donors (Lipinski definition) is 2. The van der Waals surface area contributed by atoms with Crippen molar-refractivity contribution in [3.63, 3.8) is 0 Å². The summed E-state index contributed by atoms with van der Waals surface area (Å²) in [4.78, 5) is 0. The fourth-order valence-electron chi connectivity index (χ4n) is 2.01. The summed E-state index contributed by atoms with van der Waals surface area (Å²) in [5.74, 6) is -0.538. The lowest BCUT2D eigenvalue weighted by Crippen LogP contribution is -2.31. The number of aliphatic hydroxyl groups is 1. The molecule has 2 unspecified atom stereocenters. The molecule has 4 heteroatoms. The van der Waals surface area contributed by atoms with E-state index in [9.17, 15) is 9.50 Å². The van der Waals surface area contributed by atoms with Crippen LogP contribution in [0.3, 0.4) is 0 Å². The lowest BCUT2D eigenvalue weighted by molar-refractivity contribution is 0.142. The van der Waals surface area contributed by atoms with Gasteiger partial charge in [0.1, 0.15) is 5.82 Å². The largest absolute Gasteiger partial charge is 0.387 e. The smallest absolute Gasteiger partial charge is 0.130 e. The average Bonchev–Trinajstić information content (AvgIpc) is 2.39. The molecule has 0 aliphatic carbocycles. The van der Waals surface area contributed by atoms with Gasteiger partial charge >= 0.3 is 0 Å². The summed E-state index contributed by atoms with van der Waals surface area (Å²) in [5.41, 5.74) is 6.99. The minimum absolute atomic E-state index is 0.0626. The van der Waals surface area contributed by atoms with Crippen LogP contribution in [0.15, 0.2) is 48.5 Å². The van der Waals surface area contributed by atoms with Gasteiger partial charge in [-0.25, -0.2) is 4.39 Å². The zero-order valence-electron chi connectivity index (χ0n) is 10.3. The van der Waals surface area contributed by atoms with Crippen molar-refractivity contribution < 1.29 is 9.50 Å². The SMILES string of the molecule is NC(Cc1ccccc1)C(O)c1c(F)cccc1Cl. The predicted octanol–water partition coefficient (Wildman–Crippen LogP) is 3.08. The maximum absolute atomic E-state index is 13.7. The lowest BCUT2D eigenvalue weighted by Gasteiger charge is -2.20. The van der Waals surface area contributed by atoms with Gasteiger partial charge in [0, 0.05) is 16.6 Å². The van der Waals surface area contributed by atoms with E-state index < -0.39 is 18.0 Å². The standard InChI is InChI=1S/C15H15ClFNO/c16-11-7-4-8-12(17)14(11)15(19)13(18)9-10-5-2-1-3-6-10/h1-8,13,15,19H,9,18H2. The van der Waals surface area contributed by atoms with Crippen LogP contribution in [0.5, 0.6) is 0 Å². The van der Waals surface area contributed by atoms with Crippen molar-refractivity contribution >= 4 is 11.6 Å². The number of halogens is 2. The summed E-state index contributed by atoms with van der Waals surface area (Å²) >= 11 is 5.92. The average molecular weight is 280 g/mol. The molecule has 0 aromatic heterocycles. The van der Waals surface area contributed by atoms with Crippen LogP contribution in [0.1, 0.15) is 17.2 Å². The molecule has 2 atom stereocenters. The van der Waals surface area contributed by atoms with Gasteiger partial charge in [0.25, 0.3) is 0 Å². The molecular weight excluding hydrogens is 265 g/mol. The first-order valence-electron chi connectivity index (χ1n) is 6.01. The maximum Gasteiger partial charge on any atom is 0.130 e. The molecule has 100 valence electrons. The third-order valence-electron chi connectivity index (χ3n) is 3.02. The highest BCUT2D eigenvalue weighted by Gasteiger charge is 2.23. The Kier molecular flexibility index (Phi) is 4.53. The molecule has 2 aromatic carbocycles. The second-order valence-electron chi connectivity index (χ2n) is 4.43. The third-order valence-corrected chi connectivity index (χ3v) is 3.34. The molecule has 3 N–H and O–H groups in total. The number of nitrogens with two attached hydrogens (primary N) is 1. The fraction of sp³-hybridized carbons (Fsp3) is 0.200. The van der Waals surface area contributed by atoms with E-state index >= 15 is 0 Å². The zero-order valence-corrected chi connectivity index (χ0v) is 11.0. The van der Waals surface area contributed by atoms with E-state index in [1.165, 1.54) is 12.1 Å². The molecular formula is C15H15ClFNO. The highest BCUT2D eigenvalue weighted by molar-refractivity contribution is 6.31. The van der Waals surface area contributed by atoms with Crippen molar-refractivity contribution in [3.05, 3.63) is 70.5 Å². The van der Waals surface area contributed by atoms with Gasteiger partial charge in [-0.15, -0.1) is 0 Å². The quantitative estimate of drug-likeness (QED) is 0.903. The molecule has 2 aromatic rings. The molecule has 0 saturated heterocycles. The summed E-state index contributed by atoms with van der Waals surface area (Å²) in [6.07, 6.45) is -0.680. The van der Waals surface area contributed by atoms with Crippen LogP contribution in [0, 0.1) is 5.82 Å². The van der Waals surface area contributed by atoms with Crippen molar-refractivity contribution in [2.45, 2.75) is 18.6 Å². The Morgan fingerprint density at radius 2 is 1.79 bits per heavy atom. The van der Waals surface area contributed by atoms with E-state index in [0.29, 0.717) is 6.42 Å². The molecule has 0 amide bonds. The van der Waals surface area contributed by atoms with Gasteiger partial charge in [-0.3, -0.25) is 0 Å². The van der Waals surface area contributed by atoms with Crippen LogP contribution in [-0.4, -0.2) is 11.1 Å². The van der Waals surface area contributed by atoms with Crippen LogP contribution in [0.25, 0.3) is 0 Å². The first kappa shape index (κ1) is 14.0. The Labute approximate surface area is 116 Å². The molecule has 2 nitrogen and oxygen atoms in total. The molecule has 0 aliphatic rings. The lowest BCUT2D eigenvalue weighted by atomic mass is 9.96. The van der Waals surface area contributed by atoms with Crippen LogP contribution >= 0.6 is 11.6 Å². The topological polar surface area (TPSA) is 46.2 Å². The number of hydrogen-bond acceptors (Lipinski definition) is 2. The van der Waals surface area contributed by atoms with Crippen molar-refractivity contribution in [3.8, 4) is 0 Å². The maximum atomic E-state index is 13.7. The van der Waals surface area contributed by atoms with E-state index in [0.717, 1.165) is 5.56 Å². The molecule has 0 fully saturated rings. The second-order valence-corrected chi connectivity index (χ2v) is 4.84. The number of aliphatic hydroxyl groups excluding tert-OH is 1. The van der Waals surface area contributed by atoms with E-state index in [1.807, 2.05) is 30.3 Å². The molecule has 19 heavy (non-hydrogen) atoms. The molecule has 0 saturated carbocycles. The zero-order chi connectivity index (χ0) is 13.8. The normalized spacial score (nSPS) is 14.1. The van der Waals surface area contributed by atoms with E-state index in [-0.39, 0.29) is 10.6 Å². The van der Waals surface area contributed by atoms with E-state index in [1.54, 1.807) is 6.07 Å². The molecule has 2 rings (SSSR count). The second kappa shape index (κ2) is 6.15. The molecule has 0 heterocycles. The van der Waals surface area contributed by atoms with E-state index in [2.05, 4.69) is 0 Å². The molecule has 0 bridgehead atoms. The molecule has 0 radical (unpaired) electrons. The Morgan fingerprint density at radius 3 is 2.42 bits per heavy atom. The van der Waals surface area contributed by atoms with Crippen molar-refractivity contribution in [2.24, 2.45) is 5.73 Å². The highest BCUT2D eigenvalue weighted by atomic mass is 35.5. The minimum atomic E-state index is -1.13. The Hall–Kier alpha value is -1.42. The Bertz CT molecular complexity index is 527. The Balaban J connectivity index is 2.17. The van der Waals surface area contributed by atoms with Crippen molar-refractivity contribution in [1.29, 1.82) is 0 Å². The van der Waals surface area contributed by atoms with Crippen LogP contribution in [0.4, 0.5) is 4.39 Å². The number of benzene rings is 2. The monoisotopic (exact) mass is 279 g/mol. The van der Waals surface area contributed by atoms with Crippen LogP contribution < -0.4 is 5.73 Å². The summed E-state index contributed by atoms with van der Waals surface area (Å²) in [6, 6.07) is 13.2. The van der Waals surface area contributed by atoms with Crippen molar-refractivity contribution in [2.75, 3.05) is 0 Å². The predicted molar refractivity (Wildman–Crippen MR) is 74.5 cm³/mol. The summed E-state index contributed by atoms with van der Waals surface area (Å²) in [6.45, 7) is 0. The third kappa shape index (κ3) is 3.32. The van der Waals surface area contributed by atoms with Gasteiger partial charge in [-0.2, -0.15) is 0 Å². The van der Waals surface area contributed by atoms with Crippen LogP contribution in [0.2, 0.25) is 5.02 Å². The highest BCUT2D eigenvalue weighted by Crippen LogP contribution is 2.28. The van der Waals surface area contributed by atoms with Gasteiger partial charge in [-0.05, 0) is 24.1 Å². The molecule has 0 aliphatic heterocycles. The van der Waals surface area contributed by atoms with Gasteiger partial charge in [0.05, 0.1) is 6.10 Å². The van der Waals surface area contributed by atoms with Gasteiger partial charge in [0.2, 0.25) is 0 Å². The first-order valence-corrected chi connectivity index (χ1v) is 6.39. The minimum Gasteiger partial charge on any atom is -0.387 e. The fourth-order valence-corrected chi connectivity index (χ4v) is 2.28. The van der Waals surface area contributed by atoms with Gasteiger partial charge < -0.3 is 10.8 Å². The summed E-state index contributed by atoms with van der Waals surface area (Å²) < 4.78 is 13.7. The summed E-state index contributed by atoms with van der Waals surface area (Å²) in [7, 11) is 0. The number of rotatable bonds is 4. The Morgan fingerprint density at radius 1 is 1.11 bits per heavy atom. The first-order chi connectivity index (χ1) is 9.09. The van der Waals surface area contributed by atoms with Gasteiger partial charge in [-0.1, -0.05) is 48.0 Å². The van der Waals surface area contributed by atoms with Crippen LogP contribution in [-0.2, 0) is 6.42 Å². The summed E-state index contributed by atoms with van der Waals surface area (Å²) in [5, 5.41) is 10.4.